The summed E-state index contributed by atoms with van der Waals surface area (Å²) in [6.45, 7) is 3.23. The summed E-state index contributed by atoms with van der Waals surface area (Å²) in [5.41, 5.74) is 0.709. The van der Waals surface area contributed by atoms with Crippen LogP contribution in [0.1, 0.15) is 12.8 Å². The first-order valence-corrected chi connectivity index (χ1v) is 6.43. The zero-order valence-electron chi connectivity index (χ0n) is 10.0. The summed E-state index contributed by atoms with van der Waals surface area (Å²) in [6.07, 6.45) is 6.09. The molecule has 2 unspecified atom stereocenters. The second-order valence-corrected chi connectivity index (χ2v) is 5.04. The van der Waals surface area contributed by atoms with Crippen LogP contribution in [0.2, 0.25) is 0 Å². The lowest BCUT2D eigenvalue weighted by Crippen LogP contribution is -2.46. The van der Waals surface area contributed by atoms with E-state index in [9.17, 15) is 0 Å². The number of fused-ring (bicyclic) bond motifs is 2. The third kappa shape index (κ3) is 1.40. The van der Waals surface area contributed by atoms with Gasteiger partial charge in [0.1, 0.15) is 0 Å². The molecule has 0 aliphatic carbocycles. The van der Waals surface area contributed by atoms with Gasteiger partial charge in [0.2, 0.25) is 0 Å². The van der Waals surface area contributed by atoms with Crippen LogP contribution in [0.4, 0.5) is 5.82 Å². The highest BCUT2D eigenvalue weighted by Crippen LogP contribution is 2.30. The van der Waals surface area contributed by atoms with E-state index < -0.39 is 0 Å². The maximum Gasteiger partial charge on any atom is 0.199 e. The van der Waals surface area contributed by atoms with Gasteiger partial charge in [0.25, 0.3) is 0 Å². The molecule has 1 N–H and O–H groups in total. The molecule has 0 amide bonds. The number of anilines is 1. The number of nitrogens with one attached hydrogen (secondary N) is 1. The number of aromatic nitrogens is 5. The lowest BCUT2D eigenvalue weighted by molar-refractivity contribution is 0.381. The molecule has 2 atom stereocenters. The molecule has 0 spiro atoms. The highest BCUT2D eigenvalue weighted by atomic mass is 15.5. The van der Waals surface area contributed by atoms with Crippen molar-refractivity contribution >= 4 is 11.5 Å². The fourth-order valence-corrected chi connectivity index (χ4v) is 3.21. The Kier molecular flexibility index (Phi) is 2.19. The van der Waals surface area contributed by atoms with Gasteiger partial charge in [-0.15, -0.1) is 5.10 Å². The Morgan fingerprint density at radius 1 is 1.28 bits per heavy atom. The molecule has 2 aromatic heterocycles. The second-order valence-electron chi connectivity index (χ2n) is 5.04. The van der Waals surface area contributed by atoms with Gasteiger partial charge in [-0.1, -0.05) is 0 Å². The average Bonchev–Trinajstić information content (AvgIpc) is 3.06. The molecule has 2 aliphatic heterocycles. The van der Waals surface area contributed by atoms with Crippen molar-refractivity contribution in [3.63, 3.8) is 0 Å². The number of piperidine rings is 1. The minimum absolute atomic E-state index is 0.551. The molecule has 2 saturated heterocycles. The molecule has 2 fully saturated rings. The van der Waals surface area contributed by atoms with E-state index in [1.54, 1.807) is 10.7 Å². The summed E-state index contributed by atoms with van der Waals surface area (Å²) in [5.74, 6) is 1.75. The van der Waals surface area contributed by atoms with Gasteiger partial charge in [-0.2, -0.15) is 4.52 Å². The molecule has 0 aromatic carbocycles. The lowest BCUT2D eigenvalue weighted by atomic mass is 9.92. The minimum atomic E-state index is 0.551. The number of hydrogen-bond donors (Lipinski definition) is 1. The van der Waals surface area contributed by atoms with Gasteiger partial charge in [-0.3, -0.25) is 4.98 Å². The van der Waals surface area contributed by atoms with E-state index in [-0.39, 0.29) is 0 Å². The van der Waals surface area contributed by atoms with Crippen LogP contribution in [0.15, 0.2) is 12.4 Å². The van der Waals surface area contributed by atoms with Gasteiger partial charge >= 0.3 is 0 Å². The summed E-state index contributed by atoms with van der Waals surface area (Å²) in [6, 6.07) is 0.551. The van der Waals surface area contributed by atoms with Gasteiger partial charge in [-0.25, -0.2) is 0 Å². The molecular weight excluding hydrogens is 230 g/mol. The van der Waals surface area contributed by atoms with Crippen molar-refractivity contribution in [2.45, 2.75) is 18.9 Å². The van der Waals surface area contributed by atoms with Gasteiger partial charge in [0.15, 0.2) is 11.5 Å². The Morgan fingerprint density at radius 2 is 2.28 bits per heavy atom. The summed E-state index contributed by atoms with van der Waals surface area (Å²) in [7, 11) is 0. The van der Waals surface area contributed by atoms with Crippen molar-refractivity contribution in [2.24, 2.45) is 5.92 Å². The monoisotopic (exact) mass is 245 g/mol. The molecule has 0 radical (unpaired) electrons. The first kappa shape index (κ1) is 10.2. The average molecular weight is 245 g/mol. The normalized spacial score (nSPS) is 27.7. The molecule has 0 bridgehead atoms. The number of tetrazole rings is 1. The molecule has 94 valence electrons. The topological polar surface area (TPSA) is 71.2 Å². The maximum absolute atomic E-state index is 4.25. The van der Waals surface area contributed by atoms with Crippen molar-refractivity contribution in [2.75, 3.05) is 24.5 Å². The standard InChI is InChI=1S/C11H15N7/c1-2-8-4-12-5-9(8)17(3-1)11-7-13-6-10-14-15-16-18(10)11/h6-9,12H,1-5H2. The molecule has 2 aromatic rings. The molecule has 18 heavy (non-hydrogen) atoms. The molecule has 0 saturated carbocycles. The largest absolute Gasteiger partial charge is 0.351 e. The van der Waals surface area contributed by atoms with Crippen molar-refractivity contribution in [1.29, 1.82) is 0 Å². The molecule has 7 nitrogen and oxygen atoms in total. The van der Waals surface area contributed by atoms with Crippen LogP contribution in [-0.2, 0) is 0 Å². The third-order valence-corrected chi connectivity index (χ3v) is 4.06. The van der Waals surface area contributed by atoms with E-state index in [4.69, 9.17) is 0 Å². The number of nitrogens with zero attached hydrogens (tertiary/aromatic N) is 6. The van der Waals surface area contributed by atoms with Crippen LogP contribution >= 0.6 is 0 Å². The van der Waals surface area contributed by atoms with E-state index in [2.05, 4.69) is 30.7 Å². The Labute approximate surface area is 104 Å². The maximum atomic E-state index is 4.25. The smallest absolute Gasteiger partial charge is 0.199 e. The number of rotatable bonds is 1. The first-order chi connectivity index (χ1) is 8.93. The van der Waals surface area contributed by atoms with Crippen molar-refractivity contribution in [3.8, 4) is 0 Å². The zero-order chi connectivity index (χ0) is 11.9. The Bertz CT molecular complexity index is 565. The van der Waals surface area contributed by atoms with Crippen LogP contribution in [0, 0.1) is 5.92 Å². The Morgan fingerprint density at radius 3 is 3.28 bits per heavy atom. The second kappa shape index (κ2) is 3.88. The highest BCUT2D eigenvalue weighted by Gasteiger charge is 2.36. The first-order valence-electron chi connectivity index (χ1n) is 6.43. The minimum Gasteiger partial charge on any atom is -0.351 e. The molecule has 2 aliphatic rings. The van der Waals surface area contributed by atoms with Gasteiger partial charge in [0, 0.05) is 25.7 Å². The van der Waals surface area contributed by atoms with Crippen LogP contribution in [0.5, 0.6) is 0 Å². The van der Waals surface area contributed by atoms with E-state index in [0.717, 1.165) is 31.4 Å². The quantitative estimate of drug-likeness (QED) is 0.744. The highest BCUT2D eigenvalue weighted by molar-refractivity contribution is 5.47. The van der Waals surface area contributed by atoms with Crippen molar-refractivity contribution < 1.29 is 0 Å². The number of hydrogen-bond acceptors (Lipinski definition) is 6. The van der Waals surface area contributed by atoms with Crippen LogP contribution < -0.4 is 10.2 Å². The van der Waals surface area contributed by atoms with E-state index >= 15 is 0 Å². The SMILES string of the molecule is c1ncc2nnnn2c1N1CCCC2CNCC21. The Hall–Kier alpha value is -1.76. The van der Waals surface area contributed by atoms with E-state index in [1.807, 2.05) is 6.20 Å². The summed E-state index contributed by atoms with van der Waals surface area (Å²) in [4.78, 5) is 6.66. The summed E-state index contributed by atoms with van der Waals surface area (Å²) in [5, 5.41) is 15.2. The fraction of sp³-hybridized carbons (Fsp3) is 0.636. The molecule has 4 heterocycles. The van der Waals surface area contributed by atoms with Gasteiger partial charge in [-0.05, 0) is 29.2 Å². The van der Waals surface area contributed by atoms with E-state index in [0.29, 0.717) is 11.7 Å². The van der Waals surface area contributed by atoms with Crippen molar-refractivity contribution in [3.05, 3.63) is 12.4 Å². The summed E-state index contributed by atoms with van der Waals surface area (Å²) < 4.78 is 1.79. The van der Waals surface area contributed by atoms with Crippen LogP contribution in [0.3, 0.4) is 0 Å². The van der Waals surface area contributed by atoms with Crippen LogP contribution in [-0.4, -0.2) is 50.7 Å². The lowest BCUT2D eigenvalue weighted by Gasteiger charge is -2.38. The fourth-order valence-electron chi connectivity index (χ4n) is 3.21. The summed E-state index contributed by atoms with van der Waals surface area (Å²) >= 11 is 0. The van der Waals surface area contributed by atoms with E-state index in [1.165, 1.54) is 12.8 Å². The molecule has 4 rings (SSSR count). The predicted molar refractivity (Wildman–Crippen MR) is 65.3 cm³/mol. The molecular formula is C11H15N7. The third-order valence-electron chi connectivity index (χ3n) is 4.06. The van der Waals surface area contributed by atoms with Crippen molar-refractivity contribution in [1.82, 2.24) is 30.3 Å². The molecule has 7 heteroatoms. The Balaban J connectivity index is 1.79. The predicted octanol–water partition coefficient (Wildman–Crippen LogP) is -0.292. The van der Waals surface area contributed by atoms with Crippen LogP contribution in [0.25, 0.3) is 5.65 Å². The van der Waals surface area contributed by atoms with Gasteiger partial charge in [0.05, 0.1) is 12.4 Å². The zero-order valence-corrected chi connectivity index (χ0v) is 10.0. The van der Waals surface area contributed by atoms with Gasteiger partial charge < -0.3 is 10.2 Å².